The Morgan fingerprint density at radius 1 is 1.24 bits per heavy atom. The fraction of sp³-hybridized carbons (Fsp3) is 0.625. The van der Waals surface area contributed by atoms with Crippen molar-refractivity contribution in [3.05, 3.63) is 23.8 Å². The highest BCUT2D eigenvalue weighted by Gasteiger charge is 2.25. The van der Waals surface area contributed by atoms with Gasteiger partial charge in [0.1, 0.15) is 0 Å². The Balaban J connectivity index is 1.76. The molecular weight excluding hydrogens is 276 g/mol. The van der Waals surface area contributed by atoms with E-state index in [1.54, 1.807) is 6.07 Å². The van der Waals surface area contributed by atoms with Gasteiger partial charge in [-0.05, 0) is 62.4 Å². The topological polar surface area (TPSA) is 21.7 Å². The van der Waals surface area contributed by atoms with Crippen LogP contribution in [0.5, 0.6) is 11.5 Å². The molecule has 1 unspecified atom stereocenters. The Kier molecular flexibility index (Phi) is 4.29. The van der Waals surface area contributed by atoms with E-state index < -0.39 is 6.61 Å². The van der Waals surface area contributed by atoms with E-state index >= 15 is 0 Å². The average Bonchev–Trinajstić information content (AvgIpc) is 3.17. The number of benzene rings is 1. The van der Waals surface area contributed by atoms with Crippen molar-refractivity contribution >= 4 is 0 Å². The second-order valence-corrected chi connectivity index (χ2v) is 6.09. The van der Waals surface area contributed by atoms with Crippen molar-refractivity contribution in [3.63, 3.8) is 0 Å². The van der Waals surface area contributed by atoms with Crippen LogP contribution in [0.3, 0.4) is 0 Å². The maximum absolute atomic E-state index is 12.5. The van der Waals surface area contributed by atoms with Gasteiger partial charge in [-0.15, -0.1) is 0 Å². The first-order chi connectivity index (χ1) is 10.1. The smallest absolute Gasteiger partial charge is 0.387 e. The van der Waals surface area contributed by atoms with Gasteiger partial charge in [-0.1, -0.05) is 6.07 Å². The van der Waals surface area contributed by atoms with Gasteiger partial charge in [0.15, 0.2) is 11.5 Å². The zero-order valence-electron chi connectivity index (χ0n) is 12.2. The molecular formula is C16H21F2NO2. The van der Waals surface area contributed by atoms with E-state index in [2.05, 4.69) is 16.7 Å². The normalized spacial score (nSPS) is 22.8. The summed E-state index contributed by atoms with van der Waals surface area (Å²) in [5.74, 6) is 1.61. The van der Waals surface area contributed by atoms with Crippen LogP contribution in [0.25, 0.3) is 0 Å². The summed E-state index contributed by atoms with van der Waals surface area (Å²) in [6, 6.07) is 5.37. The van der Waals surface area contributed by atoms with E-state index in [-0.39, 0.29) is 5.75 Å². The van der Waals surface area contributed by atoms with Crippen LogP contribution >= 0.6 is 0 Å². The standard InChI is InChI=1S/C16H21F2NO2/c1-19-7-6-13(9-19)12-4-5-14(21-16(17)18)15(8-12)20-10-11-2-3-11/h4-5,8,11,13,16H,2-3,6-7,9-10H2,1H3. The maximum Gasteiger partial charge on any atom is 0.387 e. The molecule has 0 radical (unpaired) electrons. The molecule has 1 aromatic rings. The van der Waals surface area contributed by atoms with Crippen LogP contribution in [0.1, 0.15) is 30.7 Å². The Hall–Kier alpha value is -1.36. The minimum atomic E-state index is -2.82. The second kappa shape index (κ2) is 6.18. The monoisotopic (exact) mass is 297 g/mol. The molecule has 1 aromatic carbocycles. The molecule has 2 fully saturated rings. The number of ether oxygens (including phenoxy) is 2. The number of rotatable bonds is 6. The molecule has 1 atom stereocenters. The van der Waals surface area contributed by atoms with Crippen LogP contribution in [0.15, 0.2) is 18.2 Å². The van der Waals surface area contributed by atoms with Gasteiger partial charge in [0, 0.05) is 6.54 Å². The molecule has 1 saturated carbocycles. The number of alkyl halides is 2. The van der Waals surface area contributed by atoms with E-state index in [0.717, 1.165) is 37.9 Å². The Morgan fingerprint density at radius 2 is 2.05 bits per heavy atom. The van der Waals surface area contributed by atoms with Gasteiger partial charge < -0.3 is 14.4 Å². The van der Waals surface area contributed by atoms with Gasteiger partial charge in [0.2, 0.25) is 0 Å². The molecule has 5 heteroatoms. The summed E-state index contributed by atoms with van der Waals surface area (Å²) in [5.41, 5.74) is 1.15. The van der Waals surface area contributed by atoms with Gasteiger partial charge in [-0.3, -0.25) is 0 Å². The van der Waals surface area contributed by atoms with Crippen molar-refractivity contribution in [1.29, 1.82) is 0 Å². The van der Waals surface area contributed by atoms with Crippen LogP contribution in [-0.2, 0) is 0 Å². The van der Waals surface area contributed by atoms with E-state index in [0.29, 0.717) is 24.2 Å². The molecule has 2 aliphatic rings. The molecule has 1 saturated heterocycles. The summed E-state index contributed by atoms with van der Waals surface area (Å²) in [7, 11) is 2.10. The SMILES string of the molecule is CN1CCC(c2ccc(OC(F)F)c(OCC3CC3)c2)C1. The first-order valence-corrected chi connectivity index (χ1v) is 7.52. The fourth-order valence-electron chi connectivity index (χ4n) is 2.78. The van der Waals surface area contributed by atoms with Gasteiger partial charge in [0.05, 0.1) is 6.61 Å². The van der Waals surface area contributed by atoms with Gasteiger partial charge in [-0.25, -0.2) is 0 Å². The Bertz CT molecular complexity index is 491. The first-order valence-electron chi connectivity index (χ1n) is 7.52. The van der Waals surface area contributed by atoms with Crippen LogP contribution in [0, 0.1) is 5.92 Å². The third kappa shape index (κ3) is 3.84. The van der Waals surface area contributed by atoms with Crippen LogP contribution in [0.4, 0.5) is 8.78 Å². The summed E-state index contributed by atoms with van der Waals surface area (Å²) >= 11 is 0. The Morgan fingerprint density at radius 3 is 2.67 bits per heavy atom. The quantitative estimate of drug-likeness (QED) is 0.802. The summed E-state index contributed by atoms with van der Waals surface area (Å²) < 4.78 is 35.2. The van der Waals surface area contributed by atoms with Crippen molar-refractivity contribution in [2.45, 2.75) is 31.8 Å². The first kappa shape index (κ1) is 14.6. The van der Waals surface area contributed by atoms with Crippen molar-refractivity contribution in [3.8, 4) is 11.5 Å². The molecule has 3 nitrogen and oxygen atoms in total. The Labute approximate surface area is 123 Å². The van der Waals surface area contributed by atoms with Crippen molar-refractivity contribution < 1.29 is 18.3 Å². The predicted octanol–water partition coefficient (Wildman–Crippen LogP) is 3.50. The van der Waals surface area contributed by atoms with Gasteiger partial charge in [-0.2, -0.15) is 8.78 Å². The molecule has 21 heavy (non-hydrogen) atoms. The summed E-state index contributed by atoms with van der Waals surface area (Å²) in [6.07, 6.45) is 3.42. The van der Waals surface area contributed by atoms with Crippen molar-refractivity contribution in [2.24, 2.45) is 5.92 Å². The third-order valence-corrected chi connectivity index (χ3v) is 4.22. The minimum Gasteiger partial charge on any atom is -0.489 e. The zero-order valence-corrected chi connectivity index (χ0v) is 12.2. The van der Waals surface area contributed by atoms with E-state index in [4.69, 9.17) is 4.74 Å². The molecule has 1 aliphatic heterocycles. The van der Waals surface area contributed by atoms with Crippen molar-refractivity contribution in [2.75, 3.05) is 26.7 Å². The molecule has 116 valence electrons. The van der Waals surface area contributed by atoms with Gasteiger partial charge in [0.25, 0.3) is 0 Å². The molecule has 1 heterocycles. The lowest BCUT2D eigenvalue weighted by molar-refractivity contribution is -0.0515. The molecule has 1 aliphatic carbocycles. The fourth-order valence-corrected chi connectivity index (χ4v) is 2.78. The van der Waals surface area contributed by atoms with Gasteiger partial charge >= 0.3 is 6.61 Å². The predicted molar refractivity (Wildman–Crippen MR) is 76.1 cm³/mol. The number of nitrogens with zero attached hydrogens (tertiary/aromatic N) is 1. The minimum absolute atomic E-state index is 0.140. The third-order valence-electron chi connectivity index (χ3n) is 4.22. The molecule has 3 rings (SSSR count). The van der Waals surface area contributed by atoms with Crippen molar-refractivity contribution in [1.82, 2.24) is 4.90 Å². The number of hydrogen-bond donors (Lipinski definition) is 0. The number of halogens is 2. The number of hydrogen-bond acceptors (Lipinski definition) is 3. The number of likely N-dealkylation sites (tertiary alicyclic amines) is 1. The zero-order chi connectivity index (χ0) is 14.8. The maximum atomic E-state index is 12.5. The average molecular weight is 297 g/mol. The lowest BCUT2D eigenvalue weighted by Gasteiger charge is -2.16. The van der Waals surface area contributed by atoms with Crippen LogP contribution in [-0.4, -0.2) is 38.3 Å². The largest absolute Gasteiger partial charge is 0.489 e. The lowest BCUT2D eigenvalue weighted by atomic mass is 9.98. The molecule has 0 bridgehead atoms. The van der Waals surface area contributed by atoms with E-state index in [1.165, 1.54) is 0 Å². The number of likely N-dealkylation sites (N-methyl/N-ethyl adjacent to an activating group) is 1. The van der Waals surface area contributed by atoms with Crippen LogP contribution in [0.2, 0.25) is 0 Å². The van der Waals surface area contributed by atoms with Crippen LogP contribution < -0.4 is 9.47 Å². The molecule has 0 spiro atoms. The highest BCUT2D eigenvalue weighted by atomic mass is 19.3. The summed E-state index contributed by atoms with van der Waals surface area (Å²) in [5, 5.41) is 0. The van der Waals surface area contributed by atoms with E-state index in [9.17, 15) is 8.78 Å². The molecule has 0 amide bonds. The second-order valence-electron chi connectivity index (χ2n) is 6.09. The van der Waals surface area contributed by atoms with E-state index in [1.807, 2.05) is 12.1 Å². The highest BCUT2D eigenvalue weighted by Crippen LogP contribution is 2.37. The lowest BCUT2D eigenvalue weighted by Crippen LogP contribution is -2.13. The molecule has 0 N–H and O–H groups in total. The summed E-state index contributed by atoms with van der Waals surface area (Å²) in [4.78, 5) is 2.28. The highest BCUT2D eigenvalue weighted by molar-refractivity contribution is 5.44. The summed E-state index contributed by atoms with van der Waals surface area (Å²) in [6.45, 7) is -0.167. The molecule has 0 aromatic heterocycles.